The molecule has 0 unspecified atom stereocenters. The van der Waals surface area contributed by atoms with Crippen molar-refractivity contribution in [3.63, 3.8) is 0 Å². The molecule has 5 aromatic rings. The Morgan fingerprint density at radius 2 is 1.17 bits per heavy atom. The highest BCUT2D eigenvalue weighted by Gasteiger charge is 2.19. The highest BCUT2D eigenvalue weighted by atomic mass is 32.1. The van der Waals surface area contributed by atoms with E-state index in [1.807, 2.05) is 6.07 Å². The van der Waals surface area contributed by atoms with Crippen LogP contribution in [0, 0.1) is 11.3 Å². The van der Waals surface area contributed by atoms with Crippen LogP contribution in [-0.4, -0.2) is 39.5 Å². The second kappa shape index (κ2) is 16.5. The lowest BCUT2D eigenvalue weighted by atomic mass is 10.1. The average Bonchev–Trinajstić information content (AvgIpc) is 3.70. The molecule has 0 amide bonds. The summed E-state index contributed by atoms with van der Waals surface area (Å²) in [6.07, 6.45) is 1.41. The number of benzene rings is 3. The zero-order valence-corrected chi connectivity index (χ0v) is 28.8. The van der Waals surface area contributed by atoms with Gasteiger partial charge in [0.1, 0.15) is 11.6 Å². The quantitative estimate of drug-likeness (QED) is 0.0863. The van der Waals surface area contributed by atoms with E-state index in [0.29, 0.717) is 31.3 Å². The maximum absolute atomic E-state index is 11.5. The molecular weight excluding hydrogens is 645 g/mol. The van der Waals surface area contributed by atoms with Crippen LogP contribution in [0.3, 0.4) is 0 Å². The van der Waals surface area contributed by atoms with E-state index in [0.717, 1.165) is 59.5 Å². The number of ether oxygens (including phenoxy) is 4. The average molecular weight is 681 g/mol. The van der Waals surface area contributed by atoms with Gasteiger partial charge in [-0.2, -0.15) is 5.26 Å². The normalized spacial score (nSPS) is 11.4. The molecule has 0 spiro atoms. The highest BCUT2D eigenvalue weighted by molar-refractivity contribution is 7.24. The van der Waals surface area contributed by atoms with Gasteiger partial charge < -0.3 is 29.0 Å². The SMILES string of the molecule is COCc1ccc(N(c2ccc(COC)cc2)c2ccc(-c3sc(-c4cc(COC)c(/C=C(\C#N)C(=O)O)s4)cc3COC)cc2)cc1. The Morgan fingerprint density at radius 1 is 0.708 bits per heavy atom. The number of carboxylic acid groups (broad SMARTS) is 1. The van der Waals surface area contributed by atoms with Crippen molar-refractivity contribution in [3.8, 4) is 26.3 Å². The van der Waals surface area contributed by atoms with Crippen LogP contribution < -0.4 is 4.90 Å². The van der Waals surface area contributed by atoms with Crippen molar-refractivity contribution in [2.75, 3.05) is 33.3 Å². The Kier molecular flexibility index (Phi) is 11.9. The van der Waals surface area contributed by atoms with Gasteiger partial charge in [-0.15, -0.1) is 22.7 Å². The predicted molar refractivity (Wildman–Crippen MR) is 192 cm³/mol. The minimum absolute atomic E-state index is 0.298. The summed E-state index contributed by atoms with van der Waals surface area (Å²) in [5, 5.41) is 18.7. The zero-order chi connectivity index (χ0) is 34.0. The van der Waals surface area contributed by atoms with Gasteiger partial charge in [0.25, 0.3) is 0 Å². The van der Waals surface area contributed by atoms with Gasteiger partial charge in [0.15, 0.2) is 0 Å². The van der Waals surface area contributed by atoms with Crippen molar-refractivity contribution in [1.29, 1.82) is 5.26 Å². The summed E-state index contributed by atoms with van der Waals surface area (Å²) < 4.78 is 21.6. The van der Waals surface area contributed by atoms with E-state index >= 15 is 0 Å². The van der Waals surface area contributed by atoms with E-state index in [4.69, 9.17) is 18.9 Å². The monoisotopic (exact) mass is 680 g/mol. The summed E-state index contributed by atoms with van der Waals surface area (Å²) in [7, 11) is 6.65. The van der Waals surface area contributed by atoms with E-state index < -0.39 is 5.97 Å². The molecule has 0 bridgehead atoms. The molecule has 246 valence electrons. The van der Waals surface area contributed by atoms with Crippen LogP contribution in [0.15, 0.2) is 90.5 Å². The number of thiophene rings is 2. The van der Waals surface area contributed by atoms with Gasteiger partial charge in [-0.25, -0.2) is 4.79 Å². The number of methoxy groups -OCH3 is 4. The van der Waals surface area contributed by atoms with E-state index in [2.05, 4.69) is 83.8 Å². The number of nitriles is 1. The number of rotatable bonds is 15. The molecule has 10 heteroatoms. The van der Waals surface area contributed by atoms with Gasteiger partial charge in [0.2, 0.25) is 0 Å². The molecule has 0 radical (unpaired) electrons. The summed E-state index contributed by atoms with van der Waals surface area (Å²) in [5.41, 5.74) is 7.86. The molecule has 5 rings (SSSR count). The lowest BCUT2D eigenvalue weighted by molar-refractivity contribution is -0.132. The van der Waals surface area contributed by atoms with Crippen molar-refractivity contribution in [1.82, 2.24) is 0 Å². The molecule has 0 atom stereocenters. The number of hydrogen-bond donors (Lipinski definition) is 1. The van der Waals surface area contributed by atoms with Gasteiger partial charge in [-0.3, -0.25) is 0 Å². The van der Waals surface area contributed by atoms with Crippen molar-refractivity contribution in [3.05, 3.63) is 118 Å². The number of aliphatic carboxylic acids is 1. The Hall–Kier alpha value is -4.60. The number of anilines is 3. The van der Waals surface area contributed by atoms with Crippen molar-refractivity contribution >= 4 is 51.8 Å². The summed E-state index contributed by atoms with van der Waals surface area (Å²) in [5.74, 6) is -1.26. The second-order valence-electron chi connectivity index (χ2n) is 10.9. The first-order chi connectivity index (χ1) is 23.4. The smallest absolute Gasteiger partial charge is 0.346 e. The third kappa shape index (κ3) is 8.09. The lowest BCUT2D eigenvalue weighted by Gasteiger charge is -2.26. The molecule has 2 aromatic heterocycles. The van der Waals surface area contributed by atoms with Crippen LogP contribution in [0.1, 0.15) is 27.1 Å². The summed E-state index contributed by atoms with van der Waals surface area (Å²) >= 11 is 3.08. The molecule has 0 saturated carbocycles. The highest BCUT2D eigenvalue weighted by Crippen LogP contribution is 2.44. The first-order valence-electron chi connectivity index (χ1n) is 15.0. The molecule has 48 heavy (non-hydrogen) atoms. The van der Waals surface area contributed by atoms with Crippen LogP contribution in [0.2, 0.25) is 0 Å². The summed E-state index contributed by atoms with van der Waals surface area (Å²) in [6, 6.07) is 31.1. The largest absolute Gasteiger partial charge is 0.477 e. The Labute approximate surface area is 288 Å². The fraction of sp³-hybridized carbons (Fsp3) is 0.211. The van der Waals surface area contributed by atoms with Crippen LogP contribution in [0.4, 0.5) is 17.1 Å². The topological polar surface area (TPSA) is 101 Å². The van der Waals surface area contributed by atoms with Crippen molar-refractivity contribution < 1.29 is 28.8 Å². The number of carbonyl (C=O) groups is 1. The van der Waals surface area contributed by atoms with Gasteiger partial charge >= 0.3 is 5.97 Å². The van der Waals surface area contributed by atoms with E-state index in [1.165, 1.54) is 17.4 Å². The van der Waals surface area contributed by atoms with E-state index in [-0.39, 0.29) is 5.57 Å². The fourth-order valence-electron chi connectivity index (χ4n) is 5.31. The minimum atomic E-state index is -1.26. The summed E-state index contributed by atoms with van der Waals surface area (Å²) in [6.45, 7) is 1.83. The van der Waals surface area contributed by atoms with Crippen LogP contribution >= 0.6 is 22.7 Å². The van der Waals surface area contributed by atoms with Gasteiger partial charge in [0, 0.05) is 65.0 Å². The predicted octanol–water partition coefficient (Wildman–Crippen LogP) is 9.19. The molecule has 3 aromatic carbocycles. The van der Waals surface area contributed by atoms with Gasteiger partial charge in [0.05, 0.1) is 26.4 Å². The first kappa shape index (κ1) is 34.7. The molecular formula is C38H36N2O6S2. The van der Waals surface area contributed by atoms with Crippen LogP contribution in [0.5, 0.6) is 0 Å². The third-order valence-electron chi connectivity index (χ3n) is 7.52. The standard InChI is InChI=1S/C38H36N2O6S2/c1-43-21-25-5-11-31(12-6-25)40(32-13-7-26(8-14-32)22-44-2)33-15-9-27(10-16-33)37-30(24-46-4)19-36(48-37)35-18-29(23-45-3)34(47-35)17-28(20-39)38(41)42/h5-19H,21-24H2,1-4H3,(H,41,42)/b28-17+. The number of carboxylic acids is 1. The van der Waals surface area contributed by atoms with E-state index in [9.17, 15) is 15.2 Å². The third-order valence-corrected chi connectivity index (χ3v) is 10.1. The van der Waals surface area contributed by atoms with Gasteiger partial charge in [-0.05, 0) is 82.4 Å². The van der Waals surface area contributed by atoms with Crippen molar-refractivity contribution in [2.45, 2.75) is 26.4 Å². The fourth-order valence-corrected chi connectivity index (χ4v) is 7.67. The van der Waals surface area contributed by atoms with Gasteiger partial charge in [-0.1, -0.05) is 36.4 Å². The Balaban J connectivity index is 1.52. The summed E-state index contributed by atoms with van der Waals surface area (Å²) in [4.78, 5) is 17.5. The van der Waals surface area contributed by atoms with Crippen LogP contribution in [-0.2, 0) is 50.2 Å². The molecule has 0 saturated heterocycles. The Morgan fingerprint density at radius 3 is 1.65 bits per heavy atom. The maximum atomic E-state index is 11.5. The molecule has 8 nitrogen and oxygen atoms in total. The second-order valence-corrected chi connectivity index (χ2v) is 13.0. The minimum Gasteiger partial charge on any atom is -0.477 e. The molecule has 0 fully saturated rings. The van der Waals surface area contributed by atoms with E-state index in [1.54, 1.807) is 45.8 Å². The Bertz CT molecular complexity index is 1850. The zero-order valence-electron chi connectivity index (χ0n) is 27.2. The molecule has 0 aliphatic carbocycles. The maximum Gasteiger partial charge on any atom is 0.346 e. The molecule has 1 N–H and O–H groups in total. The lowest BCUT2D eigenvalue weighted by Crippen LogP contribution is -2.10. The van der Waals surface area contributed by atoms with Crippen molar-refractivity contribution in [2.24, 2.45) is 0 Å². The number of nitrogens with zero attached hydrogens (tertiary/aromatic N) is 2. The van der Waals surface area contributed by atoms with Crippen LogP contribution in [0.25, 0.3) is 26.3 Å². The molecule has 2 heterocycles. The molecule has 0 aliphatic rings. The molecule has 0 aliphatic heterocycles. The number of hydrogen-bond acceptors (Lipinski definition) is 9. The first-order valence-corrected chi connectivity index (χ1v) is 16.7.